The van der Waals surface area contributed by atoms with Crippen LogP contribution in [0.1, 0.15) is 37.7 Å². The average Bonchev–Trinajstić information content (AvgIpc) is 3.24. The average molecular weight is 356 g/mol. The molecule has 1 aliphatic carbocycles. The second-order valence-electron chi connectivity index (χ2n) is 6.57. The molecule has 7 heteroatoms. The van der Waals surface area contributed by atoms with Gasteiger partial charge in [0, 0.05) is 12.6 Å². The zero-order valence-electron chi connectivity index (χ0n) is 13.3. The number of nitrogens with one attached hydrogen (secondary N) is 2. The lowest BCUT2D eigenvalue weighted by Crippen LogP contribution is -2.44. The molecule has 0 radical (unpaired) electrons. The van der Waals surface area contributed by atoms with E-state index < -0.39 is 9.84 Å². The SMILES string of the molecule is O=S1(=O)CCC(CNC(=NCc2ccsc2)NC2CCCC2)C1. The smallest absolute Gasteiger partial charge is 0.191 e. The fourth-order valence-corrected chi connectivity index (χ4v) is 5.76. The maximum atomic E-state index is 11.6. The van der Waals surface area contributed by atoms with Crippen LogP contribution in [0.3, 0.4) is 0 Å². The van der Waals surface area contributed by atoms with E-state index in [2.05, 4.69) is 32.5 Å². The summed E-state index contributed by atoms with van der Waals surface area (Å²) in [5.74, 6) is 1.67. The Labute approximate surface area is 142 Å². The Bertz CT molecular complexity index is 620. The van der Waals surface area contributed by atoms with Crippen LogP contribution in [-0.4, -0.2) is 38.5 Å². The third-order valence-corrected chi connectivity index (χ3v) is 7.15. The van der Waals surface area contributed by atoms with Crippen LogP contribution in [0.5, 0.6) is 0 Å². The number of aliphatic imine (C=N–C) groups is 1. The van der Waals surface area contributed by atoms with Crippen molar-refractivity contribution in [3.8, 4) is 0 Å². The highest BCUT2D eigenvalue weighted by Gasteiger charge is 2.28. The standard InChI is InChI=1S/C16H25N3O2S2/c20-23(21)8-6-14(12-23)10-18-16(19-15-3-1-2-4-15)17-9-13-5-7-22-11-13/h5,7,11,14-15H,1-4,6,8-10,12H2,(H2,17,18,19). The van der Waals surface area contributed by atoms with E-state index in [1.165, 1.54) is 31.2 Å². The zero-order valence-corrected chi connectivity index (χ0v) is 15.0. The van der Waals surface area contributed by atoms with E-state index in [0.29, 0.717) is 30.6 Å². The topological polar surface area (TPSA) is 70.6 Å². The number of guanidine groups is 1. The molecule has 23 heavy (non-hydrogen) atoms. The van der Waals surface area contributed by atoms with Gasteiger partial charge in [-0.05, 0) is 47.6 Å². The summed E-state index contributed by atoms with van der Waals surface area (Å²) in [6.07, 6.45) is 5.69. The van der Waals surface area contributed by atoms with Gasteiger partial charge in [-0.1, -0.05) is 12.8 Å². The fourth-order valence-electron chi connectivity index (χ4n) is 3.24. The van der Waals surface area contributed by atoms with Crippen LogP contribution in [0.25, 0.3) is 0 Å². The van der Waals surface area contributed by atoms with E-state index in [1.807, 2.05) is 0 Å². The van der Waals surface area contributed by atoms with Crippen molar-refractivity contribution in [2.24, 2.45) is 10.9 Å². The van der Waals surface area contributed by atoms with Gasteiger partial charge in [-0.15, -0.1) is 0 Å². The van der Waals surface area contributed by atoms with Crippen molar-refractivity contribution in [2.75, 3.05) is 18.1 Å². The summed E-state index contributed by atoms with van der Waals surface area (Å²) in [7, 11) is -2.81. The van der Waals surface area contributed by atoms with Crippen LogP contribution in [0.4, 0.5) is 0 Å². The van der Waals surface area contributed by atoms with Crippen molar-refractivity contribution in [1.29, 1.82) is 0 Å². The van der Waals surface area contributed by atoms with Crippen molar-refractivity contribution in [2.45, 2.75) is 44.7 Å². The Kier molecular flexibility index (Phi) is 5.58. The van der Waals surface area contributed by atoms with Gasteiger partial charge in [0.15, 0.2) is 15.8 Å². The summed E-state index contributed by atoms with van der Waals surface area (Å²) in [4.78, 5) is 4.68. The third kappa shape index (κ3) is 5.21. The van der Waals surface area contributed by atoms with Crippen LogP contribution in [0.15, 0.2) is 21.8 Å². The molecule has 0 aromatic carbocycles. The van der Waals surface area contributed by atoms with E-state index in [1.54, 1.807) is 11.3 Å². The van der Waals surface area contributed by atoms with E-state index in [9.17, 15) is 8.42 Å². The number of hydrogen-bond donors (Lipinski definition) is 2. The molecule has 0 bridgehead atoms. The predicted molar refractivity (Wildman–Crippen MR) is 95.6 cm³/mol. The van der Waals surface area contributed by atoms with E-state index in [4.69, 9.17) is 0 Å². The highest BCUT2D eigenvalue weighted by Crippen LogP contribution is 2.19. The molecule has 1 unspecified atom stereocenters. The Morgan fingerprint density at radius 1 is 1.30 bits per heavy atom. The number of nitrogens with zero attached hydrogens (tertiary/aromatic N) is 1. The van der Waals surface area contributed by atoms with E-state index >= 15 is 0 Å². The predicted octanol–water partition coefficient (Wildman–Crippen LogP) is 2.16. The van der Waals surface area contributed by atoms with Crippen LogP contribution < -0.4 is 10.6 Å². The molecule has 0 spiro atoms. The minimum absolute atomic E-state index is 0.205. The Morgan fingerprint density at radius 2 is 2.13 bits per heavy atom. The van der Waals surface area contributed by atoms with Gasteiger partial charge in [-0.2, -0.15) is 11.3 Å². The first-order chi connectivity index (χ1) is 11.1. The molecule has 1 saturated carbocycles. The highest BCUT2D eigenvalue weighted by atomic mass is 32.2. The van der Waals surface area contributed by atoms with Gasteiger partial charge in [0.2, 0.25) is 0 Å². The zero-order chi connectivity index (χ0) is 16.1. The maximum Gasteiger partial charge on any atom is 0.191 e. The lowest BCUT2D eigenvalue weighted by molar-refractivity contribution is 0.553. The van der Waals surface area contributed by atoms with Gasteiger partial charge in [0.05, 0.1) is 18.1 Å². The molecular weight excluding hydrogens is 330 g/mol. The van der Waals surface area contributed by atoms with Crippen molar-refractivity contribution in [3.63, 3.8) is 0 Å². The lowest BCUT2D eigenvalue weighted by Gasteiger charge is -2.19. The van der Waals surface area contributed by atoms with Gasteiger partial charge >= 0.3 is 0 Å². The summed E-state index contributed by atoms with van der Waals surface area (Å²) in [6.45, 7) is 1.34. The van der Waals surface area contributed by atoms with Crippen molar-refractivity contribution >= 4 is 27.1 Å². The maximum absolute atomic E-state index is 11.6. The number of rotatable bonds is 5. The minimum atomic E-state index is -2.81. The number of hydrogen-bond acceptors (Lipinski definition) is 4. The van der Waals surface area contributed by atoms with Crippen LogP contribution >= 0.6 is 11.3 Å². The third-order valence-electron chi connectivity index (χ3n) is 4.58. The largest absolute Gasteiger partial charge is 0.356 e. The van der Waals surface area contributed by atoms with Crippen LogP contribution in [-0.2, 0) is 16.4 Å². The lowest BCUT2D eigenvalue weighted by atomic mass is 10.1. The first kappa shape index (κ1) is 16.8. The van der Waals surface area contributed by atoms with Crippen molar-refractivity contribution < 1.29 is 8.42 Å². The molecule has 2 N–H and O–H groups in total. The normalized spacial score (nSPS) is 24.9. The summed E-state index contributed by atoms with van der Waals surface area (Å²) >= 11 is 1.68. The molecule has 5 nitrogen and oxygen atoms in total. The summed E-state index contributed by atoms with van der Waals surface area (Å²) in [6, 6.07) is 2.58. The Morgan fingerprint density at radius 3 is 2.78 bits per heavy atom. The molecule has 1 saturated heterocycles. The van der Waals surface area contributed by atoms with Crippen LogP contribution in [0, 0.1) is 5.92 Å². The van der Waals surface area contributed by atoms with Crippen molar-refractivity contribution in [3.05, 3.63) is 22.4 Å². The first-order valence-corrected chi connectivity index (χ1v) is 11.1. The van der Waals surface area contributed by atoms with Gasteiger partial charge in [-0.3, -0.25) is 0 Å². The molecule has 2 fully saturated rings. The second-order valence-corrected chi connectivity index (χ2v) is 9.58. The molecule has 0 amide bonds. The Hall–Kier alpha value is -1.08. The molecule has 1 aliphatic heterocycles. The molecule has 1 atom stereocenters. The summed E-state index contributed by atoms with van der Waals surface area (Å²) in [5.41, 5.74) is 1.21. The monoisotopic (exact) mass is 355 g/mol. The molecular formula is C16H25N3O2S2. The number of sulfone groups is 1. The molecule has 2 heterocycles. The highest BCUT2D eigenvalue weighted by molar-refractivity contribution is 7.91. The van der Waals surface area contributed by atoms with Gasteiger partial charge in [0.25, 0.3) is 0 Å². The Balaban J connectivity index is 1.56. The van der Waals surface area contributed by atoms with E-state index in [-0.39, 0.29) is 5.92 Å². The molecule has 1 aromatic heterocycles. The minimum Gasteiger partial charge on any atom is -0.356 e. The van der Waals surface area contributed by atoms with Gasteiger partial charge < -0.3 is 10.6 Å². The van der Waals surface area contributed by atoms with Crippen molar-refractivity contribution in [1.82, 2.24) is 10.6 Å². The summed E-state index contributed by atoms with van der Waals surface area (Å²) in [5, 5.41) is 11.1. The molecule has 3 rings (SSSR count). The molecule has 128 valence electrons. The van der Waals surface area contributed by atoms with Gasteiger partial charge in [-0.25, -0.2) is 13.4 Å². The second kappa shape index (κ2) is 7.66. The van der Waals surface area contributed by atoms with Gasteiger partial charge in [0.1, 0.15) is 0 Å². The first-order valence-electron chi connectivity index (χ1n) is 8.37. The quantitative estimate of drug-likeness (QED) is 0.627. The van der Waals surface area contributed by atoms with Crippen LogP contribution in [0.2, 0.25) is 0 Å². The summed E-state index contributed by atoms with van der Waals surface area (Å²) < 4.78 is 23.1. The molecule has 2 aliphatic rings. The fraction of sp³-hybridized carbons (Fsp3) is 0.688. The molecule has 1 aromatic rings. The number of thiophene rings is 1. The van der Waals surface area contributed by atoms with E-state index in [0.717, 1.165) is 12.4 Å².